The summed E-state index contributed by atoms with van der Waals surface area (Å²) in [5, 5.41) is 2.58. The highest BCUT2D eigenvalue weighted by Gasteiger charge is 2.60. The maximum absolute atomic E-state index is 15.4. The molecule has 7 nitrogen and oxygen atoms in total. The Morgan fingerprint density at radius 2 is 1.42 bits per heavy atom. The number of esters is 1. The molecule has 6 rings (SSSR count). The van der Waals surface area contributed by atoms with Crippen molar-refractivity contribution in [2.45, 2.75) is 91.1 Å². The van der Waals surface area contributed by atoms with Gasteiger partial charge in [-0.1, -0.05) is 124 Å². The van der Waals surface area contributed by atoms with Crippen LogP contribution in [0.4, 0.5) is 0 Å². The lowest BCUT2D eigenvalue weighted by molar-refractivity contribution is -0.162. The lowest BCUT2D eigenvalue weighted by atomic mass is 9.69. The molecule has 0 bridgehead atoms. The topological polar surface area (TPSA) is 85.8 Å². The van der Waals surface area contributed by atoms with Gasteiger partial charge < -0.3 is 14.1 Å². The van der Waals surface area contributed by atoms with Crippen molar-refractivity contribution in [2.24, 2.45) is 11.8 Å². The molecule has 1 amide bonds. The van der Waals surface area contributed by atoms with Crippen LogP contribution >= 0.6 is 6.89 Å². The Kier molecular flexibility index (Phi) is 12.6. The number of benzene rings is 3. The van der Waals surface area contributed by atoms with E-state index in [0.717, 1.165) is 44.9 Å². The molecule has 1 saturated heterocycles. The molecule has 0 unspecified atom stereocenters. The first-order valence-corrected chi connectivity index (χ1v) is 24.7. The smallest absolute Gasteiger partial charge is 0.356 e. The van der Waals surface area contributed by atoms with Gasteiger partial charge in [0.1, 0.15) is 12.0 Å². The summed E-state index contributed by atoms with van der Waals surface area (Å²) in [6, 6.07) is 33.3. The van der Waals surface area contributed by atoms with Crippen molar-refractivity contribution in [2.75, 3.05) is 6.61 Å². The van der Waals surface area contributed by atoms with Crippen molar-refractivity contribution in [3.8, 4) is 0 Å². The minimum atomic E-state index is -3.18. The monoisotopic (exact) mass is 800 g/mol. The molecule has 0 radical (unpaired) electrons. The third-order valence-electron chi connectivity index (χ3n) is 11.9. The third kappa shape index (κ3) is 8.23. The summed E-state index contributed by atoms with van der Waals surface area (Å²) in [5.41, 5.74) is 3.68. The first kappa shape index (κ1) is 42.0. The number of hydrogen-bond donors (Lipinski definition) is 0. The van der Waals surface area contributed by atoms with Gasteiger partial charge in [-0.2, -0.15) is 0 Å². The van der Waals surface area contributed by atoms with E-state index in [1.165, 1.54) is 0 Å². The molecule has 1 aliphatic heterocycles. The summed E-state index contributed by atoms with van der Waals surface area (Å²) < 4.78 is 13.1. The van der Waals surface area contributed by atoms with E-state index in [1.54, 1.807) is 11.0 Å². The second-order valence-electron chi connectivity index (χ2n) is 16.9. The zero-order valence-electron chi connectivity index (χ0n) is 34.7. The van der Waals surface area contributed by atoms with Gasteiger partial charge in [0.2, 0.25) is 5.91 Å². The second-order valence-corrected chi connectivity index (χ2v) is 25.0. The molecule has 298 valence electrons. The van der Waals surface area contributed by atoms with E-state index in [1.807, 2.05) is 130 Å². The normalized spacial score (nSPS) is 20.2. The lowest BCUT2D eigenvalue weighted by Gasteiger charge is -2.55. The SMILES string of the molecule is C=CCOC(=O)C(N1C(=O)[C@H]([C@@H](C)O[Si](C)(C)C(C)(C)C)[C@H]1[C@H]1CCCC(=Cc2cc(C)nc(C)c2)C1=O)=P(c1ccccc1)(c1ccccc1)c1ccccc1. The van der Waals surface area contributed by atoms with Crippen LogP contribution in [0, 0.1) is 25.7 Å². The van der Waals surface area contributed by atoms with Crippen molar-refractivity contribution in [3.63, 3.8) is 0 Å². The lowest BCUT2D eigenvalue weighted by Crippen LogP contribution is -2.72. The molecule has 0 N–H and O–H groups in total. The highest BCUT2D eigenvalue weighted by atomic mass is 31.2. The first-order chi connectivity index (χ1) is 27.1. The van der Waals surface area contributed by atoms with Gasteiger partial charge in [0.05, 0.1) is 18.1 Å². The van der Waals surface area contributed by atoms with Crippen LogP contribution in [0.2, 0.25) is 18.1 Å². The number of carbonyl (C=O) groups is 3. The van der Waals surface area contributed by atoms with Crippen LogP contribution in [0.25, 0.3) is 6.08 Å². The number of carbonyl (C=O) groups excluding carboxylic acids is 3. The fourth-order valence-corrected chi connectivity index (χ4v) is 14.2. The summed E-state index contributed by atoms with van der Waals surface area (Å²) in [5.74, 6) is -2.07. The minimum absolute atomic E-state index is 0.00210. The highest BCUT2D eigenvalue weighted by Crippen LogP contribution is 2.52. The van der Waals surface area contributed by atoms with Gasteiger partial charge in [0.15, 0.2) is 14.1 Å². The number of ether oxygens (including phenoxy) is 1. The van der Waals surface area contributed by atoms with E-state index >= 15 is 14.4 Å². The number of rotatable bonds is 12. The van der Waals surface area contributed by atoms with Gasteiger partial charge in [-0.25, -0.2) is 4.79 Å². The Bertz CT molecular complexity index is 2090. The summed E-state index contributed by atoms with van der Waals surface area (Å²) in [6.07, 6.45) is 5.00. The first-order valence-electron chi connectivity index (χ1n) is 20.0. The number of allylic oxidation sites excluding steroid dienone is 1. The maximum Gasteiger partial charge on any atom is 0.356 e. The Morgan fingerprint density at radius 1 is 0.912 bits per heavy atom. The van der Waals surface area contributed by atoms with Gasteiger partial charge in [-0.15, -0.1) is 0 Å². The van der Waals surface area contributed by atoms with E-state index in [9.17, 15) is 0 Å². The number of aryl methyl sites for hydroxylation is 2. The molecule has 2 aliphatic rings. The average Bonchev–Trinajstić information content (AvgIpc) is 3.17. The van der Waals surface area contributed by atoms with Crippen LogP contribution in [-0.2, 0) is 23.5 Å². The Labute approximate surface area is 340 Å². The summed E-state index contributed by atoms with van der Waals surface area (Å²) in [6.45, 7) is 17.4. The second kappa shape index (κ2) is 17.1. The number of pyridine rings is 1. The zero-order valence-corrected chi connectivity index (χ0v) is 36.6. The summed E-state index contributed by atoms with van der Waals surface area (Å²) >= 11 is 0. The van der Waals surface area contributed by atoms with Crippen LogP contribution in [0.1, 0.15) is 63.9 Å². The van der Waals surface area contributed by atoms with E-state index in [0.29, 0.717) is 12.8 Å². The summed E-state index contributed by atoms with van der Waals surface area (Å²) in [4.78, 5) is 51.8. The molecule has 2 heterocycles. The molecular weight excluding hydrogens is 744 g/mol. The molecule has 9 heteroatoms. The van der Waals surface area contributed by atoms with Crippen molar-refractivity contribution in [1.82, 2.24) is 9.88 Å². The molecule has 1 saturated carbocycles. The van der Waals surface area contributed by atoms with Gasteiger partial charge in [0, 0.05) is 24.2 Å². The number of ketones is 1. The number of β-lactam (4-membered cyclic amide) rings is 1. The Balaban J connectivity index is 1.66. The van der Waals surface area contributed by atoms with Crippen LogP contribution in [0.5, 0.6) is 0 Å². The van der Waals surface area contributed by atoms with Gasteiger partial charge in [0.25, 0.3) is 0 Å². The number of amides is 1. The highest BCUT2D eigenvalue weighted by molar-refractivity contribution is 7.96. The van der Waals surface area contributed by atoms with Crippen molar-refractivity contribution in [3.05, 3.63) is 138 Å². The maximum atomic E-state index is 15.4. The van der Waals surface area contributed by atoms with Crippen LogP contribution in [-0.4, -0.2) is 60.0 Å². The van der Waals surface area contributed by atoms with Crippen molar-refractivity contribution >= 4 is 60.3 Å². The number of aromatic nitrogens is 1. The molecule has 4 aromatic rings. The predicted molar refractivity (Wildman–Crippen MR) is 237 cm³/mol. The molecule has 2 fully saturated rings. The summed E-state index contributed by atoms with van der Waals surface area (Å²) in [7, 11) is -2.37. The number of nitrogens with zero attached hydrogens (tertiary/aromatic N) is 2. The molecule has 4 atom stereocenters. The van der Waals surface area contributed by atoms with Gasteiger partial charge in [-0.05, 0) is 103 Å². The fourth-order valence-electron chi connectivity index (χ4n) is 8.39. The molecule has 57 heavy (non-hydrogen) atoms. The van der Waals surface area contributed by atoms with E-state index in [2.05, 4.69) is 45.4 Å². The van der Waals surface area contributed by atoms with Crippen LogP contribution < -0.4 is 15.9 Å². The van der Waals surface area contributed by atoms with E-state index in [-0.39, 0.29) is 28.8 Å². The number of hydrogen-bond acceptors (Lipinski definition) is 6. The van der Waals surface area contributed by atoms with Crippen molar-refractivity contribution in [1.29, 1.82) is 0 Å². The fraction of sp³-hybridized carbons (Fsp3) is 0.354. The standard InChI is InChI=1S/C48H57N2O5PSi/c1-10-29-54-47(53)46(56(38-22-14-11-15-23-38,39-24-16-12-17-25-39)40-26-18-13-19-27-40)50-43(42(45(50)52)35(4)55-57(8,9)48(5,6)7)41-28-20-21-37(44(41)51)32-36-30-33(2)49-34(3)31-36/h10-19,22-27,30-32,35,41-43H,1,20-21,28-29H2,2-9H3/t35-,41-,42-,43-/m1/s1. The van der Waals surface area contributed by atoms with E-state index < -0.39 is 45.2 Å². The Hall–Kier alpha value is -4.62. The van der Waals surface area contributed by atoms with Gasteiger partial charge >= 0.3 is 5.97 Å². The molecule has 0 spiro atoms. The molecule has 1 aromatic heterocycles. The molecule has 1 aliphatic carbocycles. The quantitative estimate of drug-likeness (QED) is 0.0357. The number of likely N-dealkylation sites (tertiary alicyclic amines) is 1. The van der Waals surface area contributed by atoms with Crippen molar-refractivity contribution < 1.29 is 23.5 Å². The zero-order chi connectivity index (χ0) is 41.1. The predicted octanol–water partition coefficient (Wildman–Crippen LogP) is 8.54. The average molecular weight is 801 g/mol. The molecular formula is C48H57N2O5PSi. The third-order valence-corrected chi connectivity index (χ3v) is 20.8. The minimum Gasteiger partial charge on any atom is -0.457 e. The largest absolute Gasteiger partial charge is 0.457 e. The van der Waals surface area contributed by atoms with E-state index in [4.69, 9.17) is 9.16 Å². The van der Waals surface area contributed by atoms with Crippen LogP contribution in [0.15, 0.2) is 121 Å². The molecule has 3 aromatic carbocycles. The number of Topliss-reactive ketones (excluding diaryl/α,β-unsaturated/α-hetero) is 1. The van der Waals surface area contributed by atoms with Gasteiger partial charge in [-0.3, -0.25) is 14.6 Å². The Morgan fingerprint density at radius 3 is 1.89 bits per heavy atom. The van der Waals surface area contributed by atoms with Crippen LogP contribution in [0.3, 0.4) is 0 Å².